The molecule has 1 aliphatic heterocycles. The fourth-order valence-electron chi connectivity index (χ4n) is 4.24. The smallest absolute Gasteiger partial charge is 0.257 e. The number of rotatable bonds is 7. The lowest BCUT2D eigenvalue weighted by Gasteiger charge is -2.33. The van der Waals surface area contributed by atoms with Crippen LogP contribution in [0.25, 0.3) is 0 Å². The average molecular weight is 456 g/mol. The number of carbonyl (C=O) groups is 1. The van der Waals surface area contributed by atoms with Crippen LogP contribution in [0.5, 0.6) is 11.5 Å². The summed E-state index contributed by atoms with van der Waals surface area (Å²) in [5.74, 6) is 1.30. The molecule has 0 saturated heterocycles. The molecular weight excluding hydrogens is 426 g/mol. The van der Waals surface area contributed by atoms with Crippen LogP contribution < -0.4 is 20.3 Å². The molecule has 170 valence electrons. The van der Waals surface area contributed by atoms with E-state index in [1.54, 1.807) is 18.9 Å². The Kier molecular flexibility index (Phi) is 6.60. The summed E-state index contributed by atoms with van der Waals surface area (Å²) in [4.78, 5) is 34.0. The van der Waals surface area contributed by atoms with E-state index in [1.165, 1.54) is 0 Å². The van der Waals surface area contributed by atoms with Crippen molar-refractivity contribution in [1.82, 2.24) is 9.97 Å². The Morgan fingerprint density at radius 3 is 2.75 bits per heavy atom. The number of hydrogen-bond acceptors (Lipinski definition) is 7. The van der Waals surface area contributed by atoms with E-state index in [0.717, 1.165) is 30.5 Å². The highest BCUT2D eigenvalue weighted by Crippen LogP contribution is 2.45. The number of nitrogens with one attached hydrogen (secondary N) is 2. The van der Waals surface area contributed by atoms with Gasteiger partial charge in [0.25, 0.3) is 5.56 Å². The molecule has 2 aromatic rings. The van der Waals surface area contributed by atoms with Crippen LogP contribution in [0.2, 0.25) is 0 Å². The van der Waals surface area contributed by atoms with Crippen LogP contribution >= 0.6 is 11.8 Å². The zero-order chi connectivity index (χ0) is 22.8. The Hall–Kier alpha value is -2.74. The Balaban J connectivity index is 1.88. The van der Waals surface area contributed by atoms with Gasteiger partial charge in [-0.05, 0) is 43.9 Å². The first-order valence-corrected chi connectivity index (χ1v) is 12.0. The molecule has 0 bridgehead atoms. The molecule has 1 aromatic heterocycles. The number of nitrogens with zero attached hydrogens (tertiary/aromatic N) is 1. The molecule has 0 fully saturated rings. The predicted molar refractivity (Wildman–Crippen MR) is 126 cm³/mol. The van der Waals surface area contributed by atoms with E-state index in [4.69, 9.17) is 14.5 Å². The second-order valence-electron chi connectivity index (χ2n) is 8.04. The maximum absolute atomic E-state index is 13.3. The van der Waals surface area contributed by atoms with Crippen LogP contribution in [0, 0.1) is 0 Å². The van der Waals surface area contributed by atoms with Crippen molar-refractivity contribution in [3.8, 4) is 11.5 Å². The molecule has 2 heterocycles. The number of ketones is 1. The van der Waals surface area contributed by atoms with Crippen molar-refractivity contribution in [2.75, 3.05) is 19.0 Å². The van der Waals surface area contributed by atoms with Crippen molar-refractivity contribution in [2.24, 2.45) is 0 Å². The van der Waals surface area contributed by atoms with E-state index >= 15 is 0 Å². The first-order valence-electron chi connectivity index (χ1n) is 11.1. The number of methoxy groups -OCH3 is 1. The van der Waals surface area contributed by atoms with Crippen molar-refractivity contribution in [3.63, 3.8) is 0 Å². The zero-order valence-corrected chi connectivity index (χ0v) is 19.7. The third kappa shape index (κ3) is 4.16. The standard InChI is InChI=1S/C24H29N3O4S/c1-5-13(3)32-24-26-22-21(23(29)27-24)19(20-15(25-22)8-7-9-16(20)28)14-10-11-17(31-6-2)18(12-14)30-4/h10-13,19H,5-9H2,1-4H3,(H2,25,26,27,29). The van der Waals surface area contributed by atoms with Crippen LogP contribution in [0.15, 0.2) is 39.4 Å². The predicted octanol–water partition coefficient (Wildman–Crippen LogP) is 4.63. The van der Waals surface area contributed by atoms with E-state index < -0.39 is 5.92 Å². The van der Waals surface area contributed by atoms with Gasteiger partial charge in [0.05, 0.1) is 19.3 Å². The number of allylic oxidation sites excluding steroid dienone is 2. The van der Waals surface area contributed by atoms with Crippen LogP contribution in [0.1, 0.15) is 63.5 Å². The molecule has 4 rings (SSSR count). The van der Waals surface area contributed by atoms with E-state index in [1.807, 2.05) is 25.1 Å². The van der Waals surface area contributed by atoms with E-state index in [-0.39, 0.29) is 11.3 Å². The summed E-state index contributed by atoms with van der Waals surface area (Å²) in [5.41, 5.74) is 2.58. The normalized spacial score (nSPS) is 18.5. The number of hydrogen-bond donors (Lipinski definition) is 2. The summed E-state index contributed by atoms with van der Waals surface area (Å²) in [5, 5.41) is 4.24. The Morgan fingerprint density at radius 1 is 1.22 bits per heavy atom. The Labute approximate surface area is 192 Å². The van der Waals surface area contributed by atoms with Gasteiger partial charge in [0.15, 0.2) is 22.4 Å². The van der Waals surface area contributed by atoms with Gasteiger partial charge in [0.1, 0.15) is 5.82 Å². The SMILES string of the molecule is CCOc1ccc(C2C3=C(CCCC3=O)Nc3nc(SC(C)CC)[nH]c(=O)c32)cc1OC. The minimum absolute atomic E-state index is 0.0692. The molecule has 0 saturated carbocycles. The van der Waals surface area contributed by atoms with Crippen molar-refractivity contribution in [3.05, 3.63) is 50.9 Å². The second-order valence-corrected chi connectivity index (χ2v) is 9.47. The van der Waals surface area contributed by atoms with Gasteiger partial charge in [0.2, 0.25) is 0 Å². The number of carbonyl (C=O) groups excluding carboxylic acids is 1. The second kappa shape index (κ2) is 9.40. The third-order valence-corrected chi connectivity index (χ3v) is 7.10. The number of aromatic amines is 1. The summed E-state index contributed by atoms with van der Waals surface area (Å²) in [6.45, 7) is 6.63. The fraction of sp³-hybridized carbons (Fsp3) is 0.458. The molecule has 1 aliphatic carbocycles. The number of ether oxygens (including phenoxy) is 2. The first kappa shape index (κ1) is 22.5. The monoisotopic (exact) mass is 455 g/mol. The number of H-pyrrole nitrogens is 1. The van der Waals surface area contributed by atoms with Crippen molar-refractivity contribution >= 4 is 23.4 Å². The highest BCUT2D eigenvalue weighted by molar-refractivity contribution is 7.99. The summed E-state index contributed by atoms with van der Waals surface area (Å²) in [6.07, 6.45) is 3.00. The molecule has 7 nitrogen and oxygen atoms in total. The van der Waals surface area contributed by atoms with Gasteiger partial charge in [0, 0.05) is 28.9 Å². The van der Waals surface area contributed by atoms with Gasteiger partial charge in [-0.15, -0.1) is 0 Å². The summed E-state index contributed by atoms with van der Waals surface area (Å²) >= 11 is 1.54. The van der Waals surface area contributed by atoms with Gasteiger partial charge in [-0.2, -0.15) is 0 Å². The number of thioether (sulfide) groups is 1. The molecule has 2 N–H and O–H groups in total. The molecule has 1 aromatic carbocycles. The van der Waals surface area contributed by atoms with Crippen molar-refractivity contribution in [2.45, 2.75) is 62.8 Å². The third-order valence-electron chi connectivity index (χ3n) is 5.94. The van der Waals surface area contributed by atoms with Crippen LogP contribution in [-0.4, -0.2) is 34.7 Å². The van der Waals surface area contributed by atoms with Crippen molar-refractivity contribution in [1.29, 1.82) is 0 Å². The summed E-state index contributed by atoms with van der Waals surface area (Å²) < 4.78 is 11.2. The van der Waals surface area contributed by atoms with Gasteiger partial charge >= 0.3 is 0 Å². The maximum atomic E-state index is 13.3. The highest BCUT2D eigenvalue weighted by Gasteiger charge is 2.38. The largest absolute Gasteiger partial charge is 0.493 e. The van der Waals surface area contributed by atoms with Crippen LogP contribution in [0.3, 0.4) is 0 Å². The Morgan fingerprint density at radius 2 is 2.03 bits per heavy atom. The lowest BCUT2D eigenvalue weighted by atomic mass is 9.76. The van der Waals surface area contributed by atoms with Gasteiger partial charge in [-0.25, -0.2) is 4.98 Å². The van der Waals surface area contributed by atoms with Gasteiger partial charge in [-0.1, -0.05) is 31.7 Å². The minimum atomic E-state index is -0.502. The molecule has 8 heteroatoms. The number of Topliss-reactive ketones (excluding diaryl/α,β-unsaturated/α-hetero) is 1. The lowest BCUT2D eigenvalue weighted by molar-refractivity contribution is -0.116. The molecule has 32 heavy (non-hydrogen) atoms. The number of fused-ring (bicyclic) bond motifs is 1. The molecule has 0 radical (unpaired) electrons. The van der Waals surface area contributed by atoms with Crippen LogP contribution in [-0.2, 0) is 4.79 Å². The van der Waals surface area contributed by atoms with Gasteiger partial charge < -0.3 is 19.8 Å². The van der Waals surface area contributed by atoms with E-state index in [9.17, 15) is 9.59 Å². The number of benzene rings is 1. The maximum Gasteiger partial charge on any atom is 0.257 e. The lowest BCUT2D eigenvalue weighted by Crippen LogP contribution is -2.32. The summed E-state index contributed by atoms with van der Waals surface area (Å²) in [7, 11) is 1.58. The van der Waals surface area contributed by atoms with Crippen LogP contribution in [0.4, 0.5) is 5.82 Å². The first-order chi connectivity index (χ1) is 15.5. The average Bonchev–Trinajstić information content (AvgIpc) is 2.78. The highest BCUT2D eigenvalue weighted by atomic mass is 32.2. The molecule has 0 spiro atoms. The summed E-state index contributed by atoms with van der Waals surface area (Å²) in [6, 6.07) is 5.60. The topological polar surface area (TPSA) is 93.3 Å². The molecule has 2 atom stereocenters. The molecule has 2 unspecified atom stereocenters. The molecule has 2 aliphatic rings. The molecular formula is C24H29N3O4S. The quantitative estimate of drug-likeness (QED) is 0.464. The zero-order valence-electron chi connectivity index (χ0n) is 18.9. The number of anilines is 1. The van der Waals surface area contributed by atoms with E-state index in [2.05, 4.69) is 24.1 Å². The Bertz CT molecular complexity index is 1120. The van der Waals surface area contributed by atoms with E-state index in [0.29, 0.717) is 51.9 Å². The minimum Gasteiger partial charge on any atom is -0.493 e. The fourth-order valence-corrected chi connectivity index (χ4v) is 5.09. The molecule has 0 amide bonds. The van der Waals surface area contributed by atoms with Gasteiger partial charge in [-0.3, -0.25) is 9.59 Å². The van der Waals surface area contributed by atoms with Crippen molar-refractivity contribution < 1.29 is 14.3 Å². The number of aromatic nitrogens is 2.